The topological polar surface area (TPSA) is 63.8 Å². The zero-order valence-electron chi connectivity index (χ0n) is 10.7. The van der Waals surface area contributed by atoms with Crippen LogP contribution in [0.2, 0.25) is 0 Å². The lowest BCUT2D eigenvalue weighted by Crippen LogP contribution is -2.45. The Bertz CT molecular complexity index is 437. The maximum atomic E-state index is 5.58. The Morgan fingerprint density at radius 3 is 2.71 bits per heavy atom. The highest BCUT2D eigenvalue weighted by Crippen LogP contribution is 2.63. The Labute approximate surface area is 106 Å². The molecule has 1 aromatic rings. The van der Waals surface area contributed by atoms with Crippen LogP contribution in [0.25, 0.3) is 0 Å². The molecule has 2 fully saturated rings. The van der Waals surface area contributed by atoms with Gasteiger partial charge in [0.1, 0.15) is 0 Å². The second-order valence-corrected chi connectivity index (χ2v) is 7.20. The molecule has 2 aliphatic rings. The molecule has 3 unspecified atom stereocenters. The quantitative estimate of drug-likeness (QED) is 0.849. The molecule has 4 nitrogen and oxygen atoms in total. The van der Waals surface area contributed by atoms with Crippen LogP contribution in [0.4, 0.5) is 11.1 Å². The van der Waals surface area contributed by atoms with Gasteiger partial charge < -0.3 is 11.1 Å². The van der Waals surface area contributed by atoms with Gasteiger partial charge in [0.05, 0.1) is 0 Å². The van der Waals surface area contributed by atoms with E-state index < -0.39 is 0 Å². The van der Waals surface area contributed by atoms with Gasteiger partial charge in [-0.2, -0.15) is 9.36 Å². The molecule has 5 heteroatoms. The first kappa shape index (κ1) is 11.3. The summed E-state index contributed by atoms with van der Waals surface area (Å²) in [6.45, 7) is 7.16. The van der Waals surface area contributed by atoms with Gasteiger partial charge in [-0.25, -0.2) is 0 Å². The molecule has 1 aromatic heterocycles. The molecule has 3 atom stereocenters. The largest absolute Gasteiger partial charge is 0.367 e. The Hall–Kier alpha value is -0.840. The summed E-state index contributed by atoms with van der Waals surface area (Å²) in [7, 11) is 0. The van der Waals surface area contributed by atoms with Gasteiger partial charge in [0.15, 0.2) is 0 Å². The Balaban J connectivity index is 1.87. The predicted octanol–water partition coefficient (Wildman–Crippen LogP) is 2.75. The van der Waals surface area contributed by atoms with Gasteiger partial charge in [0.25, 0.3) is 0 Å². The first-order valence-corrected chi connectivity index (χ1v) is 7.05. The SMILES string of the molecule is CC12CCC(C1)C(C)(C)C2Nc1nc(N)ns1. The van der Waals surface area contributed by atoms with E-state index in [2.05, 4.69) is 35.4 Å². The molecule has 0 aromatic carbocycles. The van der Waals surface area contributed by atoms with E-state index in [0.29, 0.717) is 22.8 Å². The Morgan fingerprint density at radius 2 is 2.18 bits per heavy atom. The normalized spacial score (nSPS) is 38.5. The minimum atomic E-state index is 0.341. The van der Waals surface area contributed by atoms with Crippen LogP contribution in [0.1, 0.15) is 40.0 Å². The van der Waals surface area contributed by atoms with Crippen LogP contribution >= 0.6 is 11.5 Å². The maximum Gasteiger partial charge on any atom is 0.233 e. The van der Waals surface area contributed by atoms with Crippen molar-refractivity contribution in [2.75, 3.05) is 11.1 Å². The first-order chi connectivity index (χ1) is 7.92. The lowest BCUT2D eigenvalue weighted by atomic mass is 9.68. The van der Waals surface area contributed by atoms with Crippen LogP contribution in [-0.2, 0) is 0 Å². The van der Waals surface area contributed by atoms with Crippen LogP contribution in [0, 0.1) is 16.7 Å². The minimum absolute atomic E-state index is 0.341. The van der Waals surface area contributed by atoms with Crippen LogP contribution in [0.3, 0.4) is 0 Å². The average molecular weight is 252 g/mol. The number of aromatic nitrogens is 2. The van der Waals surface area contributed by atoms with Crippen LogP contribution in [-0.4, -0.2) is 15.4 Å². The van der Waals surface area contributed by atoms with Gasteiger partial charge in [-0.3, -0.25) is 0 Å². The van der Waals surface area contributed by atoms with Crippen molar-refractivity contribution in [2.24, 2.45) is 16.7 Å². The smallest absolute Gasteiger partial charge is 0.233 e. The molecule has 0 spiro atoms. The molecule has 0 radical (unpaired) electrons. The maximum absolute atomic E-state index is 5.58. The molecule has 1 heterocycles. The molecule has 0 amide bonds. The van der Waals surface area contributed by atoms with E-state index in [0.717, 1.165) is 11.0 Å². The number of rotatable bonds is 2. The summed E-state index contributed by atoms with van der Waals surface area (Å²) in [4.78, 5) is 4.23. The molecule has 2 aliphatic carbocycles. The molecule has 2 saturated carbocycles. The van der Waals surface area contributed by atoms with E-state index in [1.165, 1.54) is 30.8 Å². The van der Waals surface area contributed by atoms with Gasteiger partial charge in [-0.15, -0.1) is 0 Å². The first-order valence-electron chi connectivity index (χ1n) is 6.27. The minimum Gasteiger partial charge on any atom is -0.367 e. The van der Waals surface area contributed by atoms with Crippen molar-refractivity contribution in [3.63, 3.8) is 0 Å². The lowest BCUT2D eigenvalue weighted by Gasteiger charge is -2.42. The van der Waals surface area contributed by atoms with Gasteiger partial charge in [-0.1, -0.05) is 20.8 Å². The van der Waals surface area contributed by atoms with Crippen molar-refractivity contribution < 1.29 is 0 Å². The third kappa shape index (κ3) is 1.55. The van der Waals surface area contributed by atoms with E-state index in [-0.39, 0.29) is 0 Å². The van der Waals surface area contributed by atoms with Gasteiger partial charge >= 0.3 is 0 Å². The predicted molar refractivity (Wildman–Crippen MR) is 71.0 cm³/mol. The fraction of sp³-hybridized carbons (Fsp3) is 0.833. The second kappa shape index (κ2) is 3.34. The summed E-state index contributed by atoms with van der Waals surface area (Å²) >= 11 is 1.37. The van der Waals surface area contributed by atoms with Crippen molar-refractivity contribution in [3.05, 3.63) is 0 Å². The van der Waals surface area contributed by atoms with E-state index >= 15 is 0 Å². The zero-order chi connectivity index (χ0) is 12.3. The van der Waals surface area contributed by atoms with E-state index in [1.54, 1.807) is 0 Å². The van der Waals surface area contributed by atoms with Gasteiger partial charge in [0, 0.05) is 17.6 Å². The number of nitrogen functional groups attached to an aromatic ring is 1. The molecule has 0 aliphatic heterocycles. The van der Waals surface area contributed by atoms with Crippen molar-refractivity contribution in [1.29, 1.82) is 0 Å². The monoisotopic (exact) mass is 252 g/mol. The molecule has 17 heavy (non-hydrogen) atoms. The summed E-state index contributed by atoms with van der Waals surface area (Å²) in [5.74, 6) is 1.22. The van der Waals surface area contributed by atoms with Crippen molar-refractivity contribution in [1.82, 2.24) is 9.36 Å². The number of nitrogens with zero attached hydrogens (tertiary/aromatic N) is 2. The molecule has 3 rings (SSSR count). The highest BCUT2D eigenvalue weighted by Gasteiger charge is 2.59. The summed E-state index contributed by atoms with van der Waals surface area (Å²) in [5, 5.41) is 4.46. The number of nitrogens with one attached hydrogen (secondary N) is 1. The van der Waals surface area contributed by atoms with Crippen LogP contribution in [0.5, 0.6) is 0 Å². The molecular formula is C12H20N4S. The van der Waals surface area contributed by atoms with Gasteiger partial charge in [0.2, 0.25) is 11.1 Å². The molecule has 3 N–H and O–H groups in total. The van der Waals surface area contributed by atoms with E-state index in [4.69, 9.17) is 5.73 Å². The number of hydrogen-bond donors (Lipinski definition) is 2. The van der Waals surface area contributed by atoms with Gasteiger partial charge in [-0.05, 0) is 36.0 Å². The van der Waals surface area contributed by atoms with E-state index in [9.17, 15) is 0 Å². The zero-order valence-corrected chi connectivity index (χ0v) is 11.5. The number of anilines is 2. The van der Waals surface area contributed by atoms with Crippen molar-refractivity contribution in [3.8, 4) is 0 Å². The standard InChI is InChI=1S/C12H20N4S/c1-11(2)7-4-5-12(3,6-7)8(11)14-10-15-9(13)16-17-10/h7-8H,4-6H2,1-3H3,(H3,13,14,15,16). The fourth-order valence-electron chi connectivity index (χ4n) is 4.08. The number of fused-ring (bicyclic) bond motifs is 2. The van der Waals surface area contributed by atoms with Crippen molar-refractivity contribution in [2.45, 2.75) is 46.1 Å². The molecular weight excluding hydrogens is 232 g/mol. The summed E-state index contributed by atoms with van der Waals surface area (Å²) in [6, 6.07) is 0.487. The second-order valence-electron chi connectivity index (χ2n) is 6.45. The number of hydrogen-bond acceptors (Lipinski definition) is 5. The lowest BCUT2D eigenvalue weighted by molar-refractivity contribution is 0.155. The average Bonchev–Trinajstić information content (AvgIpc) is 2.85. The summed E-state index contributed by atoms with van der Waals surface area (Å²) in [5.41, 5.74) is 6.33. The molecule has 94 valence electrons. The fourth-order valence-corrected chi connectivity index (χ4v) is 4.60. The number of nitrogens with two attached hydrogens (primary N) is 1. The molecule has 0 saturated heterocycles. The highest BCUT2D eigenvalue weighted by molar-refractivity contribution is 7.09. The van der Waals surface area contributed by atoms with Crippen molar-refractivity contribution >= 4 is 22.6 Å². The van der Waals surface area contributed by atoms with E-state index in [1.807, 2.05) is 0 Å². The summed E-state index contributed by atoms with van der Waals surface area (Å²) < 4.78 is 4.04. The van der Waals surface area contributed by atoms with Crippen LogP contribution < -0.4 is 11.1 Å². The Kier molecular flexibility index (Phi) is 2.21. The highest BCUT2D eigenvalue weighted by atomic mass is 32.1. The van der Waals surface area contributed by atoms with Crippen LogP contribution in [0.15, 0.2) is 0 Å². The third-order valence-electron chi connectivity index (χ3n) is 4.98. The molecule has 2 bridgehead atoms. The Morgan fingerprint density at radius 1 is 1.41 bits per heavy atom. The third-order valence-corrected chi connectivity index (χ3v) is 5.64. The summed E-state index contributed by atoms with van der Waals surface area (Å²) in [6.07, 6.45) is 4.04.